The van der Waals surface area contributed by atoms with Gasteiger partial charge in [0, 0.05) is 31.6 Å². The largest absolute Gasteiger partial charge is 0.394 e. The van der Waals surface area contributed by atoms with E-state index in [0.717, 1.165) is 38.5 Å². The zero-order valence-electron chi connectivity index (χ0n) is 56.6. The molecule has 3 aliphatic heterocycles. The fourth-order valence-corrected chi connectivity index (χ4v) is 10.5. The number of rotatable bonds is 61. The Labute approximate surface area is 572 Å². The highest BCUT2D eigenvalue weighted by atomic mass is 16.7. The van der Waals surface area contributed by atoms with Crippen molar-refractivity contribution >= 4 is 23.6 Å². The van der Waals surface area contributed by atoms with E-state index < -0.39 is 117 Å². The molecule has 0 bridgehead atoms. The van der Waals surface area contributed by atoms with Crippen molar-refractivity contribution in [3.05, 3.63) is 0 Å². The van der Waals surface area contributed by atoms with Gasteiger partial charge in [0.1, 0.15) is 93.1 Å². The predicted octanol–water partition coefficient (Wildman–Crippen LogP) is -6.79. The van der Waals surface area contributed by atoms with Gasteiger partial charge < -0.3 is 159 Å². The molecule has 15 atom stereocenters. The molecule has 0 radical (unpaired) electrons. The number of carbonyl (C=O) groups excluding carboxylic acids is 4. The van der Waals surface area contributed by atoms with Gasteiger partial charge in [0.15, 0.2) is 18.9 Å². The number of amides is 4. The van der Waals surface area contributed by atoms with Crippen LogP contribution in [-0.4, -0.2) is 367 Å². The fourth-order valence-electron chi connectivity index (χ4n) is 10.5. The summed E-state index contributed by atoms with van der Waals surface area (Å²) < 4.78 is 81.5. The molecule has 3 aliphatic rings. The van der Waals surface area contributed by atoms with Gasteiger partial charge in [0.05, 0.1) is 139 Å². The molecule has 6 unspecified atom stereocenters. The van der Waals surface area contributed by atoms with E-state index in [1.54, 1.807) is 0 Å². The molecule has 0 saturated carbocycles. The van der Waals surface area contributed by atoms with Crippen LogP contribution in [0.25, 0.3) is 0 Å². The lowest BCUT2D eigenvalue weighted by Gasteiger charge is -2.39. The number of aliphatic hydroxyl groups is 12. The molecule has 98 heavy (non-hydrogen) atoms. The van der Waals surface area contributed by atoms with Crippen LogP contribution >= 0.6 is 0 Å². The van der Waals surface area contributed by atoms with Gasteiger partial charge in [-0.1, -0.05) is 32.1 Å². The van der Waals surface area contributed by atoms with Crippen LogP contribution in [0.3, 0.4) is 0 Å². The smallest absolute Gasteiger partial charge is 0.245 e. The fraction of sp³-hybridized carbons (Fsp3) is 0.935. The maximum absolute atomic E-state index is 13.8. The summed E-state index contributed by atoms with van der Waals surface area (Å²) in [6.45, 7) is 1.17. The summed E-state index contributed by atoms with van der Waals surface area (Å²) in [6.07, 6.45) is -11.1. The Hall–Kier alpha value is -3.24. The molecule has 36 nitrogen and oxygen atoms in total. The first-order chi connectivity index (χ1) is 47.4. The number of nitrogens with one attached hydrogen (secondary N) is 4. The first-order valence-electron chi connectivity index (χ1n) is 34.2. The maximum atomic E-state index is 13.8. The molecule has 3 heterocycles. The standard InChI is InChI=1S/C62H117N5O31/c63-15-7-5-3-1-2-4-6-11-46(71)67-62(12-8-16-64-47(72)40-90-28-25-84-19-22-87-31-34-93-59-56(81)53(78)50(75)43(37-68)96-59,13-9-17-65-48(73)41-91-29-26-85-20-23-88-32-35-94-60-57(82)54(79)51(76)44(38-69)97-60)14-10-18-66-49(74)42-92-30-27-86-21-24-89-33-36-95-61-58(83)55(80)52(77)45(39-70)98-61/h43-45,50-61,68-70,75-83H,1-42,63H2,(H,64,72)(H,65,73)(H,66,74)(H,67,71)/t43?,44?,45?,50-,51-,52-,53-,54-,55-,56?,57?,58?,59+,60+,61+,62?/m0/s1. The molecule has 3 fully saturated rings. The highest BCUT2D eigenvalue weighted by Crippen LogP contribution is 2.28. The minimum Gasteiger partial charge on any atom is -0.394 e. The Kier molecular flexibility index (Phi) is 50.2. The van der Waals surface area contributed by atoms with E-state index in [4.69, 9.17) is 76.8 Å². The molecule has 0 spiro atoms. The van der Waals surface area contributed by atoms with Crippen LogP contribution in [0.1, 0.15) is 89.9 Å². The molecule has 3 saturated heterocycles. The molecule has 3 rings (SSSR count). The topological polar surface area (TPSA) is 524 Å². The van der Waals surface area contributed by atoms with Gasteiger partial charge in [-0.2, -0.15) is 0 Å². The normalized spacial score (nSPS) is 26.4. The minimum atomic E-state index is -1.56. The van der Waals surface area contributed by atoms with Crippen LogP contribution in [0, 0.1) is 0 Å². The SMILES string of the molecule is NCCCCCCCCCC(=O)NC(CCCNC(=O)COCCOCCOCCO[C@@H]1OC(CO)[C@H](O)[C@H](O)C1O)(CCCNC(=O)COCCOCCOCCO[C@@H]1OC(CO)[C@H](O)[C@H](O)C1O)CCCNC(=O)COCCOCCOCCO[C@@H]1OC(CO)[C@H](O)[C@H](O)C1O. The number of ether oxygens (including phenoxy) is 15. The Bertz CT molecular complexity index is 1830. The molecule has 0 aromatic carbocycles. The summed E-state index contributed by atoms with van der Waals surface area (Å²) in [4.78, 5) is 52.5. The summed E-state index contributed by atoms with van der Waals surface area (Å²) in [5, 5.41) is 130. The predicted molar refractivity (Wildman–Crippen MR) is 340 cm³/mol. The molecule has 18 N–H and O–H groups in total. The lowest BCUT2D eigenvalue weighted by Crippen LogP contribution is -2.59. The first kappa shape index (κ1) is 89.0. The summed E-state index contributed by atoms with van der Waals surface area (Å²) >= 11 is 0. The first-order valence-corrected chi connectivity index (χ1v) is 34.2. The Morgan fingerprint density at radius 3 is 0.878 bits per heavy atom. The number of hydrogen-bond acceptors (Lipinski definition) is 32. The van der Waals surface area contributed by atoms with E-state index >= 15 is 0 Å². The van der Waals surface area contributed by atoms with Crippen molar-refractivity contribution in [2.45, 2.75) is 188 Å². The maximum Gasteiger partial charge on any atom is 0.245 e. The van der Waals surface area contributed by atoms with Crippen molar-refractivity contribution < 1.29 is 152 Å². The van der Waals surface area contributed by atoms with Crippen molar-refractivity contribution in [3.63, 3.8) is 0 Å². The van der Waals surface area contributed by atoms with E-state index in [2.05, 4.69) is 21.3 Å². The van der Waals surface area contributed by atoms with Gasteiger partial charge >= 0.3 is 0 Å². The molecule has 576 valence electrons. The van der Waals surface area contributed by atoms with Crippen LogP contribution < -0.4 is 27.0 Å². The van der Waals surface area contributed by atoms with E-state index in [1.807, 2.05) is 0 Å². The van der Waals surface area contributed by atoms with Crippen LogP contribution in [0.5, 0.6) is 0 Å². The summed E-state index contributed by atoms with van der Waals surface area (Å²) in [5.41, 5.74) is 4.84. The Balaban J connectivity index is 1.45. The summed E-state index contributed by atoms with van der Waals surface area (Å²) in [5.74, 6) is -1.24. The second-order valence-corrected chi connectivity index (χ2v) is 23.7. The van der Waals surface area contributed by atoms with Gasteiger partial charge in [-0.15, -0.1) is 0 Å². The number of unbranched alkanes of at least 4 members (excludes halogenated alkanes) is 6. The zero-order valence-corrected chi connectivity index (χ0v) is 56.6. The van der Waals surface area contributed by atoms with Crippen LogP contribution in [0.2, 0.25) is 0 Å². The molecule has 4 amide bonds. The second-order valence-electron chi connectivity index (χ2n) is 23.7. The van der Waals surface area contributed by atoms with Crippen molar-refractivity contribution in [1.82, 2.24) is 21.3 Å². The van der Waals surface area contributed by atoms with Crippen LogP contribution in [-0.2, 0) is 90.2 Å². The zero-order chi connectivity index (χ0) is 71.6. The lowest BCUT2D eigenvalue weighted by molar-refractivity contribution is -0.302. The van der Waals surface area contributed by atoms with Gasteiger partial charge in [0.2, 0.25) is 23.6 Å². The molecule has 0 aliphatic carbocycles. The Morgan fingerprint density at radius 2 is 0.592 bits per heavy atom. The van der Waals surface area contributed by atoms with Gasteiger partial charge in [0.25, 0.3) is 0 Å². The van der Waals surface area contributed by atoms with Gasteiger partial charge in [-0.3, -0.25) is 19.2 Å². The van der Waals surface area contributed by atoms with Crippen molar-refractivity contribution in [3.8, 4) is 0 Å². The third kappa shape index (κ3) is 37.8. The molecular weight excluding hydrogens is 1310 g/mol. The van der Waals surface area contributed by atoms with E-state index in [1.165, 1.54) is 0 Å². The van der Waals surface area contributed by atoms with Gasteiger partial charge in [-0.05, 0) is 57.9 Å². The van der Waals surface area contributed by atoms with Crippen LogP contribution in [0.15, 0.2) is 0 Å². The molecule has 36 heteroatoms. The van der Waals surface area contributed by atoms with E-state index in [0.29, 0.717) is 57.9 Å². The lowest BCUT2D eigenvalue weighted by atomic mass is 9.83. The van der Waals surface area contributed by atoms with Crippen molar-refractivity contribution in [2.24, 2.45) is 5.73 Å². The average Bonchev–Trinajstić information content (AvgIpc) is 3.76. The molecular formula is C62H117N5O31. The second kappa shape index (κ2) is 55.3. The number of nitrogens with two attached hydrogens (primary N) is 1. The minimum absolute atomic E-state index is 0.0173. The number of carbonyl (C=O) groups is 4. The van der Waals surface area contributed by atoms with Crippen molar-refractivity contribution in [2.75, 3.05) is 185 Å². The highest BCUT2D eigenvalue weighted by molar-refractivity contribution is 5.78. The third-order valence-electron chi connectivity index (χ3n) is 16.0. The van der Waals surface area contributed by atoms with E-state index in [9.17, 15) is 80.5 Å². The third-order valence-corrected chi connectivity index (χ3v) is 16.0. The summed E-state index contributed by atoms with van der Waals surface area (Å²) in [6, 6.07) is 0. The number of aliphatic hydroxyl groups excluding tert-OH is 12. The average molecular weight is 1430 g/mol. The number of hydrogen-bond donors (Lipinski definition) is 17. The molecule has 0 aromatic rings. The highest BCUT2D eigenvalue weighted by Gasteiger charge is 2.46. The Morgan fingerprint density at radius 1 is 0.327 bits per heavy atom. The monoisotopic (exact) mass is 1430 g/mol. The molecule has 0 aromatic heterocycles. The quantitative estimate of drug-likeness (QED) is 0.0252. The summed E-state index contributed by atoms with van der Waals surface area (Å²) in [7, 11) is 0. The van der Waals surface area contributed by atoms with Crippen LogP contribution in [0.4, 0.5) is 0 Å². The van der Waals surface area contributed by atoms with Gasteiger partial charge in [-0.25, -0.2) is 0 Å². The van der Waals surface area contributed by atoms with E-state index in [-0.39, 0.29) is 182 Å². The van der Waals surface area contributed by atoms with Crippen molar-refractivity contribution in [1.29, 1.82) is 0 Å².